The highest BCUT2D eigenvalue weighted by Gasteiger charge is 2.23. The normalized spacial score (nSPS) is 17.2. The van der Waals surface area contributed by atoms with Gasteiger partial charge in [0.15, 0.2) is 0 Å². The molecule has 0 spiro atoms. The van der Waals surface area contributed by atoms with Crippen molar-refractivity contribution in [2.45, 2.75) is 38.7 Å². The van der Waals surface area contributed by atoms with Crippen molar-refractivity contribution in [2.75, 3.05) is 25.1 Å². The Labute approximate surface area is 174 Å². The van der Waals surface area contributed by atoms with E-state index in [0.29, 0.717) is 18.3 Å². The van der Waals surface area contributed by atoms with Crippen LogP contribution in [-0.2, 0) is 4.74 Å². The lowest BCUT2D eigenvalue weighted by Gasteiger charge is -2.13. The molecule has 9 heteroatoms. The fourth-order valence-electron chi connectivity index (χ4n) is 3.57. The summed E-state index contributed by atoms with van der Waals surface area (Å²) in [4.78, 5) is 28.5. The second kappa shape index (κ2) is 8.76. The number of imidazole rings is 1. The number of aliphatic hydroxyl groups is 1. The zero-order chi connectivity index (χ0) is 21.1. The van der Waals surface area contributed by atoms with Gasteiger partial charge in [0.05, 0.1) is 23.7 Å². The van der Waals surface area contributed by atoms with E-state index in [1.807, 2.05) is 19.9 Å². The number of amides is 2. The molecule has 4 N–H and O–H groups in total. The summed E-state index contributed by atoms with van der Waals surface area (Å²) in [6.07, 6.45) is 5.41. The Morgan fingerprint density at radius 1 is 1.33 bits per heavy atom. The lowest BCUT2D eigenvalue weighted by atomic mass is 9.99. The van der Waals surface area contributed by atoms with Crippen LogP contribution in [0, 0.1) is 0 Å². The van der Waals surface area contributed by atoms with Crippen LogP contribution in [0.1, 0.15) is 50.1 Å². The van der Waals surface area contributed by atoms with Crippen molar-refractivity contribution in [3.63, 3.8) is 0 Å². The van der Waals surface area contributed by atoms with Gasteiger partial charge in [0.1, 0.15) is 5.82 Å². The van der Waals surface area contributed by atoms with Gasteiger partial charge in [0.25, 0.3) is 0 Å². The quantitative estimate of drug-likeness (QED) is 0.495. The molecule has 158 valence electrons. The van der Waals surface area contributed by atoms with Gasteiger partial charge < -0.3 is 20.1 Å². The molecule has 1 aliphatic heterocycles. The number of nitrogens with zero attached hydrogens (tertiary/aromatic N) is 3. The molecular weight excluding hydrogens is 384 g/mol. The Bertz CT molecular complexity index is 1030. The van der Waals surface area contributed by atoms with Crippen LogP contribution >= 0.6 is 0 Å². The number of benzene rings is 1. The fraction of sp³-hybridized carbons (Fsp3) is 0.429. The average molecular weight is 410 g/mol. The minimum Gasteiger partial charge on any atom is -0.396 e. The average Bonchev–Trinajstić information content (AvgIpc) is 3.42. The largest absolute Gasteiger partial charge is 0.396 e. The Kier molecular flexibility index (Phi) is 5.91. The zero-order valence-electron chi connectivity index (χ0n) is 17.1. The lowest BCUT2D eigenvalue weighted by molar-refractivity contribution is 0.113. The van der Waals surface area contributed by atoms with E-state index >= 15 is 0 Å². The summed E-state index contributed by atoms with van der Waals surface area (Å²) in [6.45, 7) is 4.99. The molecule has 30 heavy (non-hydrogen) atoms. The van der Waals surface area contributed by atoms with Crippen LogP contribution < -0.4 is 10.6 Å². The van der Waals surface area contributed by atoms with E-state index in [9.17, 15) is 9.90 Å². The van der Waals surface area contributed by atoms with Crippen LogP contribution in [0.4, 0.5) is 10.7 Å². The number of urea groups is 1. The van der Waals surface area contributed by atoms with E-state index in [2.05, 4.69) is 36.6 Å². The van der Waals surface area contributed by atoms with Crippen molar-refractivity contribution in [1.82, 2.24) is 25.3 Å². The molecule has 3 heterocycles. The van der Waals surface area contributed by atoms with Crippen LogP contribution in [0.5, 0.6) is 0 Å². The van der Waals surface area contributed by atoms with Gasteiger partial charge in [-0.3, -0.25) is 5.32 Å². The van der Waals surface area contributed by atoms with E-state index in [0.717, 1.165) is 47.2 Å². The second-order valence-corrected chi connectivity index (χ2v) is 7.45. The Hall–Kier alpha value is -3.04. The van der Waals surface area contributed by atoms with Crippen molar-refractivity contribution in [3.8, 4) is 11.1 Å². The number of ether oxygens (including phenoxy) is 1. The van der Waals surface area contributed by atoms with Gasteiger partial charge in [-0.05, 0) is 37.5 Å². The third-order valence-corrected chi connectivity index (χ3v) is 5.18. The number of anilines is 1. The first-order chi connectivity index (χ1) is 14.6. The zero-order valence-corrected chi connectivity index (χ0v) is 17.1. The highest BCUT2D eigenvalue weighted by molar-refractivity contribution is 5.92. The summed E-state index contributed by atoms with van der Waals surface area (Å²) in [7, 11) is 0. The molecule has 1 aliphatic rings. The Morgan fingerprint density at radius 3 is 2.80 bits per heavy atom. The van der Waals surface area contributed by atoms with Crippen molar-refractivity contribution in [2.24, 2.45) is 0 Å². The summed E-state index contributed by atoms with van der Waals surface area (Å²) in [5.41, 5.74) is 4.36. The number of carbonyl (C=O) groups excluding carboxylic acids is 1. The number of H-pyrrole nitrogens is 1. The standard InChI is InChI=1S/C21H26N6O3/c1-3-22-21(29)27-20-25-16-8-13(14-9-23-19(24-10-14)12(2)11-28)7-15(18(16)26-20)17-5-4-6-30-17/h7-10,12,17,28H,3-6,11H2,1-2H3,(H3,22,25,26,27,29)/t12?,17-/m1/s1. The molecule has 0 bridgehead atoms. The van der Waals surface area contributed by atoms with Gasteiger partial charge in [0.2, 0.25) is 5.95 Å². The number of carbonyl (C=O) groups is 1. The highest BCUT2D eigenvalue weighted by atomic mass is 16.5. The van der Waals surface area contributed by atoms with E-state index < -0.39 is 0 Å². The summed E-state index contributed by atoms with van der Waals surface area (Å²) >= 11 is 0. The molecule has 1 fully saturated rings. The van der Waals surface area contributed by atoms with Crippen molar-refractivity contribution in [3.05, 3.63) is 35.9 Å². The van der Waals surface area contributed by atoms with E-state index in [1.54, 1.807) is 12.4 Å². The first-order valence-electron chi connectivity index (χ1n) is 10.2. The maximum Gasteiger partial charge on any atom is 0.321 e. The number of nitrogens with one attached hydrogen (secondary N) is 3. The maximum absolute atomic E-state index is 11.9. The number of hydrogen-bond acceptors (Lipinski definition) is 6. The summed E-state index contributed by atoms with van der Waals surface area (Å²) in [5, 5.41) is 14.7. The molecule has 0 saturated carbocycles. The molecule has 0 radical (unpaired) electrons. The number of aromatic nitrogens is 4. The van der Waals surface area contributed by atoms with E-state index in [4.69, 9.17) is 4.74 Å². The lowest BCUT2D eigenvalue weighted by Crippen LogP contribution is -2.28. The Morgan fingerprint density at radius 2 is 2.13 bits per heavy atom. The van der Waals surface area contributed by atoms with Crippen molar-refractivity contribution >= 4 is 23.0 Å². The predicted molar refractivity (Wildman–Crippen MR) is 113 cm³/mol. The SMILES string of the molecule is CCNC(=O)Nc1nc2c([C@H]3CCCO3)cc(-c3cnc(C(C)CO)nc3)cc2[nH]1. The van der Waals surface area contributed by atoms with E-state index in [-0.39, 0.29) is 24.7 Å². The third-order valence-electron chi connectivity index (χ3n) is 5.18. The Balaban J connectivity index is 1.74. The molecule has 0 aliphatic carbocycles. The fourth-order valence-corrected chi connectivity index (χ4v) is 3.57. The molecule has 1 unspecified atom stereocenters. The molecule has 9 nitrogen and oxygen atoms in total. The minimum atomic E-state index is -0.308. The minimum absolute atomic E-state index is 0.00397. The van der Waals surface area contributed by atoms with Gasteiger partial charge >= 0.3 is 6.03 Å². The third kappa shape index (κ3) is 4.12. The number of rotatable bonds is 6. The van der Waals surface area contributed by atoms with Crippen LogP contribution in [-0.4, -0.2) is 50.8 Å². The van der Waals surface area contributed by atoms with Gasteiger partial charge in [-0.25, -0.2) is 19.7 Å². The van der Waals surface area contributed by atoms with Gasteiger partial charge in [-0.1, -0.05) is 6.92 Å². The van der Waals surface area contributed by atoms with Crippen molar-refractivity contribution < 1.29 is 14.6 Å². The molecule has 3 aromatic rings. The summed E-state index contributed by atoms with van der Waals surface area (Å²) < 4.78 is 5.92. The van der Waals surface area contributed by atoms with Crippen LogP contribution in [0.25, 0.3) is 22.2 Å². The molecule has 2 aromatic heterocycles. The van der Waals surface area contributed by atoms with Crippen LogP contribution in [0.15, 0.2) is 24.5 Å². The molecule has 1 saturated heterocycles. The number of fused-ring (bicyclic) bond motifs is 1. The number of aromatic amines is 1. The molecule has 2 atom stereocenters. The van der Waals surface area contributed by atoms with Gasteiger partial charge in [-0.15, -0.1) is 0 Å². The molecular formula is C21H26N6O3. The van der Waals surface area contributed by atoms with Gasteiger partial charge in [0, 0.05) is 42.6 Å². The second-order valence-electron chi connectivity index (χ2n) is 7.45. The van der Waals surface area contributed by atoms with Gasteiger partial charge in [-0.2, -0.15) is 0 Å². The first kappa shape index (κ1) is 20.2. The topological polar surface area (TPSA) is 125 Å². The van der Waals surface area contributed by atoms with Crippen molar-refractivity contribution in [1.29, 1.82) is 0 Å². The summed E-state index contributed by atoms with van der Waals surface area (Å²) in [6, 6.07) is 3.72. The smallest absolute Gasteiger partial charge is 0.321 e. The number of aliphatic hydroxyl groups excluding tert-OH is 1. The molecule has 2 amide bonds. The van der Waals surface area contributed by atoms with E-state index in [1.165, 1.54) is 0 Å². The predicted octanol–water partition coefficient (Wildman–Crippen LogP) is 3.11. The monoisotopic (exact) mass is 410 g/mol. The highest BCUT2D eigenvalue weighted by Crippen LogP contribution is 2.36. The maximum atomic E-state index is 11.9. The molecule has 4 rings (SSSR count). The van der Waals surface area contributed by atoms with Crippen LogP contribution in [0.2, 0.25) is 0 Å². The molecule has 1 aromatic carbocycles. The van der Waals surface area contributed by atoms with Crippen LogP contribution in [0.3, 0.4) is 0 Å². The first-order valence-corrected chi connectivity index (χ1v) is 10.2. The summed E-state index contributed by atoms with van der Waals surface area (Å²) in [5.74, 6) is 0.881. The number of hydrogen-bond donors (Lipinski definition) is 4.